The van der Waals surface area contributed by atoms with Crippen molar-refractivity contribution in [3.8, 4) is 5.75 Å². The number of benzene rings is 2. The molecule has 0 spiro atoms. The fourth-order valence-corrected chi connectivity index (χ4v) is 2.40. The smallest absolute Gasteiger partial charge is 0.387 e. The summed E-state index contributed by atoms with van der Waals surface area (Å²) in [5, 5.41) is 3.00. The van der Waals surface area contributed by atoms with E-state index in [4.69, 9.17) is 27.9 Å². The van der Waals surface area contributed by atoms with E-state index in [-0.39, 0.29) is 27.0 Å². The zero-order chi connectivity index (χ0) is 19.3. The first-order valence-corrected chi connectivity index (χ1v) is 8.00. The molecule has 0 aliphatic rings. The summed E-state index contributed by atoms with van der Waals surface area (Å²) in [5.41, 5.74) is 1.02. The fraction of sp³-hybridized carbons (Fsp3) is 0.176. The average molecular weight is 404 g/mol. The van der Waals surface area contributed by atoms with Gasteiger partial charge in [-0.25, -0.2) is 4.79 Å². The first-order chi connectivity index (χ1) is 12.3. The minimum absolute atomic E-state index is 0.0750. The van der Waals surface area contributed by atoms with E-state index in [1.54, 1.807) is 19.1 Å². The first kappa shape index (κ1) is 19.9. The van der Waals surface area contributed by atoms with Gasteiger partial charge in [-0.15, -0.1) is 0 Å². The highest BCUT2D eigenvalue weighted by Gasteiger charge is 2.15. The molecule has 0 aliphatic heterocycles. The van der Waals surface area contributed by atoms with E-state index in [0.717, 1.165) is 5.56 Å². The van der Waals surface area contributed by atoms with Gasteiger partial charge in [-0.1, -0.05) is 29.3 Å². The number of rotatable bonds is 6. The molecule has 9 heteroatoms. The van der Waals surface area contributed by atoms with Crippen molar-refractivity contribution in [2.45, 2.75) is 13.5 Å². The molecule has 0 aliphatic carbocycles. The van der Waals surface area contributed by atoms with Crippen LogP contribution in [0.4, 0.5) is 14.5 Å². The minimum Gasteiger partial charge on any atom is -0.452 e. The quantitative estimate of drug-likeness (QED) is 0.709. The SMILES string of the molecule is Cc1ccc(Cl)c(NC(=O)COC(=O)c2ccc(OC(F)F)cc2)c1Cl. The zero-order valence-electron chi connectivity index (χ0n) is 13.4. The number of hydrogen-bond donors (Lipinski definition) is 1. The minimum atomic E-state index is -2.96. The molecule has 1 N–H and O–H groups in total. The van der Waals surface area contributed by atoms with Crippen LogP contribution in [0.25, 0.3) is 0 Å². The summed E-state index contributed by atoms with van der Waals surface area (Å²) in [5.74, 6) is -1.53. The van der Waals surface area contributed by atoms with Crippen LogP contribution >= 0.6 is 23.2 Å². The number of alkyl halides is 2. The summed E-state index contributed by atoms with van der Waals surface area (Å²) in [6.07, 6.45) is 0. The summed E-state index contributed by atoms with van der Waals surface area (Å²) in [6.45, 7) is -1.79. The third kappa shape index (κ3) is 5.31. The average Bonchev–Trinajstić information content (AvgIpc) is 2.60. The molecule has 0 unspecified atom stereocenters. The van der Waals surface area contributed by atoms with Gasteiger partial charge >= 0.3 is 12.6 Å². The molecule has 0 aromatic heterocycles. The number of nitrogens with one attached hydrogen (secondary N) is 1. The van der Waals surface area contributed by atoms with Crippen molar-refractivity contribution in [3.63, 3.8) is 0 Å². The van der Waals surface area contributed by atoms with Gasteiger partial charge in [0.15, 0.2) is 6.61 Å². The molecular weight excluding hydrogens is 391 g/mol. The van der Waals surface area contributed by atoms with Gasteiger partial charge < -0.3 is 14.8 Å². The predicted molar refractivity (Wildman–Crippen MR) is 93.2 cm³/mol. The Morgan fingerprint density at radius 2 is 1.77 bits per heavy atom. The number of aryl methyl sites for hydroxylation is 1. The van der Waals surface area contributed by atoms with Gasteiger partial charge in [0.05, 0.1) is 21.3 Å². The number of anilines is 1. The third-order valence-corrected chi connectivity index (χ3v) is 4.00. The van der Waals surface area contributed by atoms with Crippen molar-refractivity contribution in [3.05, 3.63) is 57.6 Å². The molecule has 2 aromatic carbocycles. The second-order valence-electron chi connectivity index (χ2n) is 5.08. The summed E-state index contributed by atoms with van der Waals surface area (Å²) in [4.78, 5) is 23.8. The lowest BCUT2D eigenvalue weighted by molar-refractivity contribution is -0.119. The Hall–Kier alpha value is -2.38. The van der Waals surface area contributed by atoms with Gasteiger partial charge in [-0.3, -0.25) is 4.79 Å². The van der Waals surface area contributed by atoms with Crippen LogP contribution in [0.15, 0.2) is 36.4 Å². The summed E-state index contributed by atoms with van der Waals surface area (Å²) in [6, 6.07) is 8.14. The maximum atomic E-state index is 12.1. The molecule has 0 saturated carbocycles. The van der Waals surface area contributed by atoms with E-state index in [9.17, 15) is 18.4 Å². The molecule has 138 valence electrons. The fourth-order valence-electron chi connectivity index (χ4n) is 1.93. The number of esters is 1. The van der Waals surface area contributed by atoms with Gasteiger partial charge in [0, 0.05) is 0 Å². The molecule has 0 fully saturated rings. The van der Waals surface area contributed by atoms with Gasteiger partial charge in [0.2, 0.25) is 0 Å². The lowest BCUT2D eigenvalue weighted by Gasteiger charge is -2.11. The standard InChI is InChI=1S/C17H13Cl2F2NO4/c1-9-2-7-12(18)15(14(9)19)22-13(23)8-25-16(24)10-3-5-11(6-4-10)26-17(20)21/h2-7,17H,8H2,1H3,(H,22,23). The van der Waals surface area contributed by atoms with Gasteiger partial charge in [0.25, 0.3) is 5.91 Å². The highest BCUT2D eigenvalue weighted by atomic mass is 35.5. The van der Waals surface area contributed by atoms with E-state index in [0.29, 0.717) is 0 Å². The highest BCUT2D eigenvalue weighted by Crippen LogP contribution is 2.32. The zero-order valence-corrected chi connectivity index (χ0v) is 14.9. The molecule has 26 heavy (non-hydrogen) atoms. The summed E-state index contributed by atoms with van der Waals surface area (Å²) in [7, 11) is 0. The Bertz CT molecular complexity index is 813. The molecule has 0 atom stereocenters. The van der Waals surface area contributed by atoms with Crippen LogP contribution in [0.5, 0.6) is 5.75 Å². The lowest BCUT2D eigenvalue weighted by atomic mass is 10.2. The number of carbonyl (C=O) groups excluding carboxylic acids is 2. The van der Waals surface area contributed by atoms with Gasteiger partial charge in [-0.2, -0.15) is 8.78 Å². The number of carbonyl (C=O) groups is 2. The van der Waals surface area contributed by atoms with Crippen LogP contribution < -0.4 is 10.1 Å². The van der Waals surface area contributed by atoms with Crippen molar-refractivity contribution >= 4 is 40.8 Å². The Morgan fingerprint density at radius 3 is 2.38 bits per heavy atom. The van der Waals surface area contributed by atoms with E-state index < -0.39 is 25.1 Å². The maximum absolute atomic E-state index is 12.1. The second-order valence-corrected chi connectivity index (χ2v) is 5.87. The number of ether oxygens (including phenoxy) is 2. The number of halogens is 4. The largest absolute Gasteiger partial charge is 0.452 e. The monoisotopic (exact) mass is 403 g/mol. The second kappa shape index (κ2) is 8.82. The van der Waals surface area contributed by atoms with Crippen LogP contribution in [0.2, 0.25) is 10.0 Å². The highest BCUT2D eigenvalue weighted by molar-refractivity contribution is 6.40. The lowest BCUT2D eigenvalue weighted by Crippen LogP contribution is -2.21. The predicted octanol–water partition coefficient (Wildman–Crippen LogP) is 4.70. The molecule has 2 aromatic rings. The molecule has 5 nitrogen and oxygen atoms in total. The molecular formula is C17H13Cl2F2NO4. The van der Waals surface area contributed by atoms with Gasteiger partial charge in [-0.05, 0) is 42.8 Å². The Balaban J connectivity index is 1.93. The van der Waals surface area contributed by atoms with E-state index in [1.807, 2.05) is 0 Å². The van der Waals surface area contributed by atoms with Crippen molar-refractivity contribution in [2.24, 2.45) is 0 Å². The normalized spacial score (nSPS) is 10.5. The third-order valence-electron chi connectivity index (χ3n) is 3.20. The Morgan fingerprint density at radius 1 is 1.12 bits per heavy atom. The van der Waals surface area contributed by atoms with Crippen molar-refractivity contribution in [2.75, 3.05) is 11.9 Å². The van der Waals surface area contributed by atoms with Crippen LogP contribution in [0.1, 0.15) is 15.9 Å². The molecule has 0 heterocycles. The Kier molecular flexibility index (Phi) is 6.76. The van der Waals surface area contributed by atoms with Crippen molar-refractivity contribution in [1.29, 1.82) is 0 Å². The topological polar surface area (TPSA) is 64.6 Å². The molecule has 1 amide bonds. The number of hydrogen-bond acceptors (Lipinski definition) is 4. The van der Waals surface area contributed by atoms with Crippen LogP contribution in [-0.2, 0) is 9.53 Å². The van der Waals surface area contributed by atoms with E-state index in [1.165, 1.54) is 24.3 Å². The van der Waals surface area contributed by atoms with Crippen LogP contribution in [0, 0.1) is 6.92 Å². The summed E-state index contributed by atoms with van der Waals surface area (Å²) < 4.78 is 33.2. The molecule has 2 rings (SSSR count). The van der Waals surface area contributed by atoms with Crippen LogP contribution in [-0.4, -0.2) is 25.1 Å². The van der Waals surface area contributed by atoms with Crippen LogP contribution in [0.3, 0.4) is 0 Å². The Labute approximate surface area is 157 Å². The molecule has 0 saturated heterocycles. The summed E-state index contributed by atoms with van der Waals surface area (Å²) >= 11 is 12.1. The van der Waals surface area contributed by atoms with Gasteiger partial charge in [0.1, 0.15) is 5.75 Å². The molecule has 0 radical (unpaired) electrons. The van der Waals surface area contributed by atoms with Crippen molar-refractivity contribution < 1.29 is 27.8 Å². The van der Waals surface area contributed by atoms with Crippen molar-refractivity contribution in [1.82, 2.24) is 0 Å². The van der Waals surface area contributed by atoms with E-state index in [2.05, 4.69) is 10.1 Å². The first-order valence-electron chi connectivity index (χ1n) is 7.24. The van der Waals surface area contributed by atoms with E-state index >= 15 is 0 Å². The molecule has 0 bridgehead atoms. The maximum Gasteiger partial charge on any atom is 0.387 e. The number of amides is 1.